The molecule has 0 aliphatic rings. The number of nitrogens with zero attached hydrogens (tertiary/aromatic N) is 2. The Labute approximate surface area is 161 Å². The number of hydrogen-bond donors (Lipinski definition) is 1. The third-order valence-corrected chi connectivity index (χ3v) is 4.10. The summed E-state index contributed by atoms with van der Waals surface area (Å²) in [5.41, 5.74) is 1.95. The number of rotatable bonds is 8. The smallest absolute Gasteiger partial charge is 0.251 e. The highest BCUT2D eigenvalue weighted by molar-refractivity contribution is 5.94. The van der Waals surface area contributed by atoms with Crippen LogP contribution in [0, 0.1) is 16.7 Å². The molecule has 0 aromatic heterocycles. The molecule has 0 saturated carbocycles. The predicted molar refractivity (Wildman–Crippen MR) is 107 cm³/mol. The van der Waals surface area contributed by atoms with Crippen LogP contribution in [0.2, 0.25) is 0 Å². The number of nitriles is 1. The Morgan fingerprint density at radius 2 is 1.93 bits per heavy atom. The molecule has 5 nitrogen and oxygen atoms in total. The molecule has 0 spiro atoms. The topological polar surface area (TPSA) is 65.4 Å². The summed E-state index contributed by atoms with van der Waals surface area (Å²) >= 11 is 0. The first-order valence-electron chi connectivity index (χ1n) is 8.94. The Morgan fingerprint density at radius 1 is 1.19 bits per heavy atom. The summed E-state index contributed by atoms with van der Waals surface area (Å²) in [6.45, 7) is 6.00. The van der Waals surface area contributed by atoms with Crippen molar-refractivity contribution in [2.75, 3.05) is 27.2 Å². The average Bonchev–Trinajstić information content (AvgIpc) is 2.64. The minimum absolute atomic E-state index is 0.0196. The van der Waals surface area contributed by atoms with Crippen molar-refractivity contribution in [1.29, 1.82) is 5.26 Å². The molecule has 142 valence electrons. The van der Waals surface area contributed by atoms with Gasteiger partial charge in [0.15, 0.2) is 0 Å². The van der Waals surface area contributed by atoms with E-state index >= 15 is 0 Å². The van der Waals surface area contributed by atoms with Crippen LogP contribution >= 0.6 is 0 Å². The van der Waals surface area contributed by atoms with Crippen LogP contribution in [0.3, 0.4) is 0 Å². The molecule has 0 heterocycles. The van der Waals surface area contributed by atoms with E-state index in [1.54, 1.807) is 24.3 Å². The summed E-state index contributed by atoms with van der Waals surface area (Å²) in [6, 6.07) is 16.6. The van der Waals surface area contributed by atoms with Gasteiger partial charge < -0.3 is 15.0 Å². The highest BCUT2D eigenvalue weighted by Crippen LogP contribution is 2.18. The molecule has 0 aliphatic carbocycles. The van der Waals surface area contributed by atoms with Crippen LogP contribution in [0.1, 0.15) is 35.3 Å². The zero-order valence-corrected chi connectivity index (χ0v) is 16.5. The van der Waals surface area contributed by atoms with E-state index in [0.717, 1.165) is 12.1 Å². The van der Waals surface area contributed by atoms with Gasteiger partial charge in [0.25, 0.3) is 5.91 Å². The number of nitrogens with one attached hydrogen (secondary N) is 1. The van der Waals surface area contributed by atoms with Crippen LogP contribution in [0.4, 0.5) is 0 Å². The number of benzene rings is 2. The maximum absolute atomic E-state index is 12.5. The Hall–Kier alpha value is -2.84. The van der Waals surface area contributed by atoms with Gasteiger partial charge in [0.05, 0.1) is 11.6 Å². The maximum Gasteiger partial charge on any atom is 0.251 e. The Bertz CT molecular complexity index is 822. The van der Waals surface area contributed by atoms with Gasteiger partial charge in [-0.3, -0.25) is 4.79 Å². The average molecular weight is 365 g/mol. The molecule has 2 rings (SSSR count). The molecular formula is C22H27N3O2. The van der Waals surface area contributed by atoms with Crippen molar-refractivity contribution < 1.29 is 9.53 Å². The lowest BCUT2D eigenvalue weighted by molar-refractivity contribution is 0.0928. The van der Waals surface area contributed by atoms with Crippen molar-refractivity contribution >= 4 is 5.91 Å². The minimum Gasteiger partial charge on any atom is -0.489 e. The van der Waals surface area contributed by atoms with Crippen molar-refractivity contribution in [2.45, 2.75) is 20.5 Å². The number of carbonyl (C=O) groups excluding carboxylic acids is 1. The standard InChI is InChI=1S/C22H27N3O2/c1-22(2,16-25(3)4)15-24-21(26)17-10-7-11-20(12-17)27-14-19-9-6-5-8-18(19)13-23/h5-12H,14-16H2,1-4H3,(H,24,26). The fourth-order valence-corrected chi connectivity index (χ4v) is 2.98. The molecule has 1 amide bonds. The highest BCUT2D eigenvalue weighted by Gasteiger charge is 2.20. The zero-order chi connectivity index (χ0) is 19.9. The monoisotopic (exact) mass is 365 g/mol. The van der Waals surface area contributed by atoms with Gasteiger partial charge in [-0.15, -0.1) is 0 Å². The number of hydrogen-bond acceptors (Lipinski definition) is 4. The van der Waals surface area contributed by atoms with Gasteiger partial charge in [0, 0.05) is 24.2 Å². The predicted octanol–water partition coefficient (Wildman–Crippen LogP) is 3.45. The van der Waals surface area contributed by atoms with Crippen LogP contribution in [0.5, 0.6) is 5.75 Å². The quantitative estimate of drug-likeness (QED) is 0.778. The lowest BCUT2D eigenvalue weighted by Gasteiger charge is -2.28. The van der Waals surface area contributed by atoms with E-state index in [1.807, 2.05) is 38.4 Å². The van der Waals surface area contributed by atoms with E-state index in [2.05, 4.69) is 30.1 Å². The lowest BCUT2D eigenvalue weighted by atomic mass is 9.93. The van der Waals surface area contributed by atoms with Gasteiger partial charge in [-0.25, -0.2) is 0 Å². The number of ether oxygens (including phenoxy) is 1. The van der Waals surface area contributed by atoms with Gasteiger partial charge >= 0.3 is 0 Å². The molecule has 27 heavy (non-hydrogen) atoms. The SMILES string of the molecule is CN(C)CC(C)(C)CNC(=O)c1cccc(OCc2ccccc2C#N)c1. The summed E-state index contributed by atoms with van der Waals surface area (Å²) in [4.78, 5) is 14.6. The van der Waals surface area contributed by atoms with Gasteiger partial charge in [0.1, 0.15) is 12.4 Å². The van der Waals surface area contributed by atoms with Crippen molar-refractivity contribution in [3.8, 4) is 11.8 Å². The summed E-state index contributed by atoms with van der Waals surface area (Å²) < 4.78 is 5.79. The van der Waals surface area contributed by atoms with E-state index < -0.39 is 0 Å². The van der Waals surface area contributed by atoms with Gasteiger partial charge in [-0.1, -0.05) is 38.1 Å². The Kier molecular flexibility index (Phi) is 6.98. The fraction of sp³-hybridized carbons (Fsp3) is 0.364. The first-order chi connectivity index (χ1) is 12.8. The second-order valence-corrected chi connectivity index (χ2v) is 7.67. The Morgan fingerprint density at radius 3 is 2.63 bits per heavy atom. The Balaban J connectivity index is 1.98. The molecule has 0 unspecified atom stereocenters. The van der Waals surface area contributed by atoms with Crippen molar-refractivity contribution in [1.82, 2.24) is 10.2 Å². The zero-order valence-electron chi connectivity index (χ0n) is 16.5. The molecule has 2 aromatic rings. The van der Waals surface area contributed by atoms with Crippen LogP contribution in [-0.4, -0.2) is 38.0 Å². The van der Waals surface area contributed by atoms with E-state index in [9.17, 15) is 4.79 Å². The van der Waals surface area contributed by atoms with Gasteiger partial charge in [-0.05, 0) is 43.8 Å². The third kappa shape index (κ3) is 6.43. The number of carbonyl (C=O) groups is 1. The van der Waals surface area contributed by atoms with Crippen molar-refractivity contribution in [3.63, 3.8) is 0 Å². The molecule has 0 saturated heterocycles. The van der Waals surface area contributed by atoms with Gasteiger partial charge in [-0.2, -0.15) is 5.26 Å². The van der Waals surface area contributed by atoms with Crippen LogP contribution in [-0.2, 0) is 6.61 Å². The van der Waals surface area contributed by atoms with E-state index in [0.29, 0.717) is 23.4 Å². The normalized spacial score (nSPS) is 11.1. The molecule has 0 fully saturated rings. The molecule has 0 bridgehead atoms. The van der Waals surface area contributed by atoms with Crippen molar-refractivity contribution in [3.05, 3.63) is 65.2 Å². The summed E-state index contributed by atoms with van der Waals surface area (Å²) in [5.74, 6) is 0.479. The highest BCUT2D eigenvalue weighted by atomic mass is 16.5. The van der Waals surface area contributed by atoms with E-state index in [-0.39, 0.29) is 17.9 Å². The minimum atomic E-state index is -0.121. The van der Waals surface area contributed by atoms with Crippen LogP contribution in [0.15, 0.2) is 48.5 Å². The summed E-state index contributed by atoms with van der Waals surface area (Å²) in [6.07, 6.45) is 0. The van der Waals surface area contributed by atoms with E-state index in [4.69, 9.17) is 10.00 Å². The largest absolute Gasteiger partial charge is 0.489 e. The number of amides is 1. The third-order valence-electron chi connectivity index (χ3n) is 4.10. The maximum atomic E-state index is 12.5. The second kappa shape index (κ2) is 9.20. The van der Waals surface area contributed by atoms with E-state index in [1.165, 1.54) is 0 Å². The summed E-state index contributed by atoms with van der Waals surface area (Å²) in [7, 11) is 4.05. The van der Waals surface area contributed by atoms with Crippen LogP contribution in [0.25, 0.3) is 0 Å². The van der Waals surface area contributed by atoms with Crippen LogP contribution < -0.4 is 10.1 Å². The molecule has 1 N–H and O–H groups in total. The first kappa shape index (κ1) is 20.5. The molecule has 5 heteroatoms. The van der Waals surface area contributed by atoms with Crippen molar-refractivity contribution in [2.24, 2.45) is 5.41 Å². The molecule has 0 atom stereocenters. The summed E-state index contributed by atoms with van der Waals surface area (Å²) in [5, 5.41) is 12.1. The molecule has 0 aliphatic heterocycles. The molecule has 0 radical (unpaired) electrons. The fourth-order valence-electron chi connectivity index (χ4n) is 2.98. The molecular weight excluding hydrogens is 338 g/mol. The molecule has 2 aromatic carbocycles. The lowest BCUT2D eigenvalue weighted by Crippen LogP contribution is -2.39. The second-order valence-electron chi connectivity index (χ2n) is 7.67. The van der Waals surface area contributed by atoms with Gasteiger partial charge in [0.2, 0.25) is 0 Å². The first-order valence-corrected chi connectivity index (χ1v) is 8.94.